The zero-order valence-electron chi connectivity index (χ0n) is 13.6. The largest absolute Gasteiger partial charge is 0.461 e. The van der Waals surface area contributed by atoms with Crippen molar-refractivity contribution in [3.8, 4) is 0 Å². The van der Waals surface area contributed by atoms with Gasteiger partial charge in [0.2, 0.25) is 0 Å². The number of carbonyl (C=O) groups excluding carboxylic acids is 1. The standard InChI is InChI=1S/C19H28O2/c1-4-5-7-10-18(17-11-8-6-9-12-17)13-14-21-19(20)15-16(2)3/h6,8-9,11-13,16H,4-5,7,10,14-15H2,1-3H3/b18-13+. The highest BCUT2D eigenvalue weighted by atomic mass is 16.5. The van der Waals surface area contributed by atoms with Gasteiger partial charge in [-0.05, 0) is 36.0 Å². The minimum Gasteiger partial charge on any atom is -0.461 e. The van der Waals surface area contributed by atoms with Crippen molar-refractivity contribution < 1.29 is 9.53 Å². The molecule has 21 heavy (non-hydrogen) atoms. The number of benzene rings is 1. The van der Waals surface area contributed by atoms with Crippen molar-refractivity contribution >= 4 is 11.5 Å². The van der Waals surface area contributed by atoms with E-state index in [1.807, 2.05) is 32.0 Å². The smallest absolute Gasteiger partial charge is 0.306 e. The highest BCUT2D eigenvalue weighted by molar-refractivity contribution is 5.70. The molecular weight excluding hydrogens is 260 g/mol. The second-order valence-electron chi connectivity index (χ2n) is 5.83. The van der Waals surface area contributed by atoms with E-state index in [0.29, 0.717) is 18.9 Å². The first kappa shape index (κ1) is 17.5. The molecule has 116 valence electrons. The Labute approximate surface area is 129 Å². The predicted octanol–water partition coefficient (Wildman–Crippen LogP) is 5.24. The quantitative estimate of drug-likeness (QED) is 0.459. The zero-order chi connectivity index (χ0) is 15.5. The van der Waals surface area contributed by atoms with E-state index in [1.54, 1.807) is 0 Å². The molecule has 0 spiro atoms. The van der Waals surface area contributed by atoms with Gasteiger partial charge in [0.1, 0.15) is 6.61 Å². The molecule has 1 aromatic carbocycles. The Bertz CT molecular complexity index is 432. The monoisotopic (exact) mass is 288 g/mol. The molecule has 0 heterocycles. The fourth-order valence-corrected chi connectivity index (χ4v) is 2.21. The fourth-order valence-electron chi connectivity index (χ4n) is 2.21. The van der Waals surface area contributed by atoms with E-state index < -0.39 is 0 Å². The van der Waals surface area contributed by atoms with Gasteiger partial charge in [0.05, 0.1) is 0 Å². The van der Waals surface area contributed by atoms with E-state index in [-0.39, 0.29) is 5.97 Å². The summed E-state index contributed by atoms with van der Waals surface area (Å²) in [4.78, 5) is 11.6. The number of carbonyl (C=O) groups is 1. The maximum absolute atomic E-state index is 11.6. The molecule has 0 aliphatic rings. The van der Waals surface area contributed by atoms with Gasteiger partial charge >= 0.3 is 5.97 Å². The summed E-state index contributed by atoms with van der Waals surface area (Å²) < 4.78 is 5.30. The summed E-state index contributed by atoms with van der Waals surface area (Å²) in [6.07, 6.45) is 7.22. The lowest BCUT2D eigenvalue weighted by atomic mass is 9.99. The average Bonchev–Trinajstić information content (AvgIpc) is 2.46. The summed E-state index contributed by atoms with van der Waals surface area (Å²) in [5, 5.41) is 0. The Morgan fingerprint density at radius 3 is 2.52 bits per heavy atom. The number of allylic oxidation sites excluding steroid dienone is 1. The van der Waals surface area contributed by atoms with E-state index >= 15 is 0 Å². The van der Waals surface area contributed by atoms with Gasteiger partial charge < -0.3 is 4.74 Å². The fraction of sp³-hybridized carbons (Fsp3) is 0.526. The van der Waals surface area contributed by atoms with Crippen LogP contribution in [0.5, 0.6) is 0 Å². The molecule has 0 aliphatic carbocycles. The van der Waals surface area contributed by atoms with Crippen molar-refractivity contribution in [2.45, 2.75) is 52.9 Å². The second kappa shape index (κ2) is 10.2. The van der Waals surface area contributed by atoms with Crippen LogP contribution >= 0.6 is 0 Å². The lowest BCUT2D eigenvalue weighted by Crippen LogP contribution is -2.07. The summed E-state index contributed by atoms with van der Waals surface area (Å²) in [5.41, 5.74) is 2.51. The van der Waals surface area contributed by atoms with Gasteiger partial charge in [-0.1, -0.05) is 63.9 Å². The Hall–Kier alpha value is -1.57. The van der Waals surface area contributed by atoms with Gasteiger partial charge in [0.15, 0.2) is 0 Å². The number of hydrogen-bond donors (Lipinski definition) is 0. The van der Waals surface area contributed by atoms with E-state index in [9.17, 15) is 4.79 Å². The Balaban J connectivity index is 2.59. The van der Waals surface area contributed by atoms with Crippen LogP contribution in [-0.4, -0.2) is 12.6 Å². The Morgan fingerprint density at radius 2 is 1.90 bits per heavy atom. The molecule has 0 aliphatic heterocycles. The second-order valence-corrected chi connectivity index (χ2v) is 5.83. The van der Waals surface area contributed by atoms with Gasteiger partial charge in [-0.3, -0.25) is 4.79 Å². The first-order valence-corrected chi connectivity index (χ1v) is 8.03. The van der Waals surface area contributed by atoms with Gasteiger partial charge in [0, 0.05) is 6.42 Å². The number of ether oxygens (including phenoxy) is 1. The number of hydrogen-bond acceptors (Lipinski definition) is 2. The third-order valence-electron chi connectivity index (χ3n) is 3.34. The minimum absolute atomic E-state index is 0.109. The van der Waals surface area contributed by atoms with Crippen LogP contribution in [0.15, 0.2) is 36.4 Å². The molecule has 1 aromatic rings. The molecule has 0 bridgehead atoms. The highest BCUT2D eigenvalue weighted by Gasteiger charge is 2.06. The molecule has 2 heteroatoms. The summed E-state index contributed by atoms with van der Waals surface area (Å²) in [7, 11) is 0. The van der Waals surface area contributed by atoms with Crippen LogP contribution < -0.4 is 0 Å². The Morgan fingerprint density at radius 1 is 1.19 bits per heavy atom. The molecule has 0 aromatic heterocycles. The highest BCUT2D eigenvalue weighted by Crippen LogP contribution is 2.21. The minimum atomic E-state index is -0.109. The molecule has 1 rings (SSSR count). The van der Waals surface area contributed by atoms with Gasteiger partial charge in [-0.25, -0.2) is 0 Å². The Kier molecular flexibility index (Phi) is 8.49. The van der Waals surface area contributed by atoms with Crippen LogP contribution in [0.3, 0.4) is 0 Å². The van der Waals surface area contributed by atoms with E-state index in [1.165, 1.54) is 30.4 Å². The molecule has 0 amide bonds. The van der Waals surface area contributed by atoms with Crippen LogP contribution in [0.25, 0.3) is 5.57 Å². The normalized spacial score (nSPS) is 11.7. The summed E-state index contributed by atoms with van der Waals surface area (Å²) >= 11 is 0. The van der Waals surface area contributed by atoms with E-state index in [4.69, 9.17) is 4.74 Å². The van der Waals surface area contributed by atoms with Gasteiger partial charge in [0.25, 0.3) is 0 Å². The van der Waals surface area contributed by atoms with Crippen molar-refractivity contribution in [2.24, 2.45) is 5.92 Å². The molecule has 0 saturated heterocycles. The molecule has 0 radical (unpaired) electrons. The maximum Gasteiger partial charge on any atom is 0.306 e. The summed E-state index contributed by atoms with van der Waals surface area (Å²) in [6.45, 7) is 6.63. The van der Waals surface area contributed by atoms with Crippen LogP contribution in [0.1, 0.15) is 58.4 Å². The number of rotatable bonds is 9. The van der Waals surface area contributed by atoms with Crippen LogP contribution in [0, 0.1) is 5.92 Å². The first-order valence-electron chi connectivity index (χ1n) is 8.03. The van der Waals surface area contributed by atoms with Crippen molar-refractivity contribution in [2.75, 3.05) is 6.61 Å². The average molecular weight is 288 g/mol. The molecule has 0 atom stereocenters. The number of unbranched alkanes of at least 4 members (excludes halogenated alkanes) is 2. The lowest BCUT2D eigenvalue weighted by Gasteiger charge is -2.09. The van der Waals surface area contributed by atoms with Crippen LogP contribution in [0.2, 0.25) is 0 Å². The SMILES string of the molecule is CCCCC/C(=C\COC(=O)CC(C)C)c1ccccc1. The van der Waals surface area contributed by atoms with Crippen molar-refractivity contribution in [1.29, 1.82) is 0 Å². The maximum atomic E-state index is 11.6. The third kappa shape index (κ3) is 7.69. The van der Waals surface area contributed by atoms with Gasteiger partial charge in [-0.15, -0.1) is 0 Å². The third-order valence-corrected chi connectivity index (χ3v) is 3.34. The van der Waals surface area contributed by atoms with Gasteiger partial charge in [-0.2, -0.15) is 0 Å². The molecule has 2 nitrogen and oxygen atoms in total. The van der Waals surface area contributed by atoms with Crippen LogP contribution in [-0.2, 0) is 9.53 Å². The van der Waals surface area contributed by atoms with Crippen molar-refractivity contribution in [3.05, 3.63) is 42.0 Å². The van der Waals surface area contributed by atoms with E-state index in [2.05, 4.69) is 25.1 Å². The molecule has 0 N–H and O–H groups in total. The topological polar surface area (TPSA) is 26.3 Å². The summed E-state index contributed by atoms with van der Waals surface area (Å²) in [5.74, 6) is 0.238. The zero-order valence-corrected chi connectivity index (χ0v) is 13.6. The predicted molar refractivity (Wildman–Crippen MR) is 89.0 cm³/mol. The van der Waals surface area contributed by atoms with E-state index in [0.717, 1.165) is 6.42 Å². The van der Waals surface area contributed by atoms with Crippen LogP contribution in [0.4, 0.5) is 0 Å². The lowest BCUT2D eigenvalue weighted by molar-refractivity contribution is -0.143. The molecule has 0 fully saturated rings. The number of esters is 1. The molecule has 0 unspecified atom stereocenters. The van der Waals surface area contributed by atoms with Crippen molar-refractivity contribution in [3.63, 3.8) is 0 Å². The summed E-state index contributed by atoms with van der Waals surface area (Å²) in [6, 6.07) is 10.4. The molecule has 0 saturated carbocycles. The molecular formula is C19H28O2. The van der Waals surface area contributed by atoms with Crippen molar-refractivity contribution in [1.82, 2.24) is 0 Å². The first-order chi connectivity index (χ1) is 10.1.